The van der Waals surface area contributed by atoms with Crippen molar-refractivity contribution in [3.05, 3.63) is 0 Å². The van der Waals surface area contributed by atoms with E-state index in [0.717, 1.165) is 12.8 Å². The van der Waals surface area contributed by atoms with Crippen LogP contribution in [0.2, 0.25) is 0 Å². The summed E-state index contributed by atoms with van der Waals surface area (Å²) < 4.78 is 0. The van der Waals surface area contributed by atoms with Crippen LogP contribution in [-0.4, -0.2) is 53.1 Å². The summed E-state index contributed by atoms with van der Waals surface area (Å²) in [7, 11) is 0. The molecule has 0 bridgehead atoms. The Labute approximate surface area is 101 Å². The second-order valence-electron chi connectivity index (χ2n) is 4.72. The molecule has 1 rings (SSSR count). The molecule has 0 saturated carbocycles. The SMILES string of the molecule is CC(C)NC1CCCN(CC(O)C(N)=O)C1=O. The highest BCUT2D eigenvalue weighted by Gasteiger charge is 2.30. The van der Waals surface area contributed by atoms with E-state index in [1.165, 1.54) is 4.90 Å². The molecule has 1 fully saturated rings. The maximum atomic E-state index is 12.0. The minimum Gasteiger partial charge on any atom is -0.381 e. The van der Waals surface area contributed by atoms with Crippen LogP contribution in [0.25, 0.3) is 0 Å². The average molecular weight is 243 g/mol. The van der Waals surface area contributed by atoms with Crippen molar-refractivity contribution >= 4 is 11.8 Å². The standard InChI is InChI=1S/C11H21N3O3/c1-7(2)13-8-4-3-5-14(11(8)17)6-9(15)10(12)16/h7-9,13,15H,3-6H2,1-2H3,(H2,12,16). The lowest BCUT2D eigenvalue weighted by atomic mass is 10.0. The smallest absolute Gasteiger partial charge is 0.248 e. The van der Waals surface area contributed by atoms with Gasteiger partial charge in [0, 0.05) is 12.6 Å². The Morgan fingerprint density at radius 3 is 2.82 bits per heavy atom. The van der Waals surface area contributed by atoms with Gasteiger partial charge in [-0.25, -0.2) is 0 Å². The van der Waals surface area contributed by atoms with Crippen LogP contribution in [0.3, 0.4) is 0 Å². The predicted octanol–water partition coefficient (Wildman–Crippen LogP) is -1.18. The van der Waals surface area contributed by atoms with Gasteiger partial charge in [-0.05, 0) is 12.8 Å². The molecular formula is C11H21N3O3. The Hall–Kier alpha value is -1.14. The lowest BCUT2D eigenvalue weighted by molar-refractivity contribution is -0.139. The van der Waals surface area contributed by atoms with Gasteiger partial charge in [-0.2, -0.15) is 0 Å². The van der Waals surface area contributed by atoms with Crippen LogP contribution in [0.4, 0.5) is 0 Å². The number of hydrogen-bond acceptors (Lipinski definition) is 4. The molecule has 2 unspecified atom stereocenters. The zero-order valence-electron chi connectivity index (χ0n) is 10.3. The van der Waals surface area contributed by atoms with Gasteiger partial charge in [-0.15, -0.1) is 0 Å². The first-order valence-corrected chi connectivity index (χ1v) is 5.94. The van der Waals surface area contributed by atoms with Crippen molar-refractivity contribution in [3.63, 3.8) is 0 Å². The molecule has 1 aliphatic heterocycles. The molecule has 0 spiro atoms. The van der Waals surface area contributed by atoms with Crippen molar-refractivity contribution in [2.75, 3.05) is 13.1 Å². The van der Waals surface area contributed by atoms with Gasteiger partial charge in [0.2, 0.25) is 11.8 Å². The van der Waals surface area contributed by atoms with Gasteiger partial charge in [0.15, 0.2) is 0 Å². The Morgan fingerprint density at radius 2 is 2.29 bits per heavy atom. The summed E-state index contributed by atoms with van der Waals surface area (Å²) >= 11 is 0. The van der Waals surface area contributed by atoms with E-state index in [0.29, 0.717) is 6.54 Å². The summed E-state index contributed by atoms with van der Waals surface area (Å²) in [6, 6.07) is 0.00814. The number of rotatable bonds is 5. The first kappa shape index (κ1) is 13.9. The number of nitrogens with one attached hydrogen (secondary N) is 1. The van der Waals surface area contributed by atoms with E-state index in [-0.39, 0.29) is 24.5 Å². The maximum absolute atomic E-state index is 12.0. The van der Waals surface area contributed by atoms with Crippen LogP contribution in [0, 0.1) is 0 Å². The summed E-state index contributed by atoms with van der Waals surface area (Å²) in [4.78, 5) is 24.3. The fraction of sp³-hybridized carbons (Fsp3) is 0.818. The first-order valence-electron chi connectivity index (χ1n) is 5.94. The molecule has 98 valence electrons. The van der Waals surface area contributed by atoms with Gasteiger partial charge < -0.3 is 21.1 Å². The highest BCUT2D eigenvalue weighted by Crippen LogP contribution is 2.12. The van der Waals surface area contributed by atoms with Crippen molar-refractivity contribution in [3.8, 4) is 0 Å². The second-order valence-corrected chi connectivity index (χ2v) is 4.72. The Morgan fingerprint density at radius 1 is 1.65 bits per heavy atom. The number of aliphatic hydroxyl groups is 1. The van der Waals surface area contributed by atoms with Gasteiger partial charge in [-0.1, -0.05) is 13.8 Å². The number of hydrogen-bond donors (Lipinski definition) is 3. The minimum absolute atomic E-state index is 0.00948. The van der Waals surface area contributed by atoms with E-state index in [9.17, 15) is 14.7 Å². The number of likely N-dealkylation sites (tertiary alicyclic amines) is 1. The number of primary amides is 1. The number of aliphatic hydroxyl groups excluding tert-OH is 1. The Kier molecular flexibility index (Phi) is 4.89. The first-order chi connectivity index (χ1) is 7.91. The van der Waals surface area contributed by atoms with E-state index in [1.54, 1.807) is 0 Å². The summed E-state index contributed by atoms with van der Waals surface area (Å²) in [5, 5.41) is 12.6. The fourth-order valence-electron chi connectivity index (χ4n) is 1.98. The number of nitrogens with zero attached hydrogens (tertiary/aromatic N) is 1. The lowest BCUT2D eigenvalue weighted by Gasteiger charge is -2.34. The van der Waals surface area contributed by atoms with Gasteiger partial charge in [0.1, 0.15) is 6.10 Å². The molecule has 0 radical (unpaired) electrons. The van der Waals surface area contributed by atoms with Crippen molar-refractivity contribution < 1.29 is 14.7 Å². The molecule has 17 heavy (non-hydrogen) atoms. The summed E-state index contributed by atoms with van der Waals surface area (Å²) in [6.45, 7) is 4.51. The van der Waals surface area contributed by atoms with Crippen LogP contribution in [0.15, 0.2) is 0 Å². The molecule has 0 aromatic heterocycles. The fourth-order valence-corrected chi connectivity index (χ4v) is 1.98. The van der Waals surface area contributed by atoms with E-state index >= 15 is 0 Å². The topological polar surface area (TPSA) is 95.7 Å². The van der Waals surface area contributed by atoms with Crippen LogP contribution in [0.1, 0.15) is 26.7 Å². The third-order valence-corrected chi connectivity index (χ3v) is 2.79. The van der Waals surface area contributed by atoms with E-state index in [2.05, 4.69) is 5.32 Å². The van der Waals surface area contributed by atoms with Crippen molar-refractivity contribution in [1.29, 1.82) is 0 Å². The van der Waals surface area contributed by atoms with Gasteiger partial charge >= 0.3 is 0 Å². The molecule has 6 nitrogen and oxygen atoms in total. The number of carbonyl (C=O) groups is 2. The Balaban J connectivity index is 2.56. The molecule has 0 aromatic rings. The van der Waals surface area contributed by atoms with Crippen LogP contribution < -0.4 is 11.1 Å². The molecule has 1 heterocycles. The summed E-state index contributed by atoms with van der Waals surface area (Å²) in [5.74, 6) is -0.859. The van der Waals surface area contributed by atoms with Crippen LogP contribution in [0.5, 0.6) is 0 Å². The van der Waals surface area contributed by atoms with Crippen LogP contribution >= 0.6 is 0 Å². The van der Waals surface area contributed by atoms with Gasteiger partial charge in [-0.3, -0.25) is 9.59 Å². The third-order valence-electron chi connectivity index (χ3n) is 2.79. The molecule has 1 saturated heterocycles. The average Bonchev–Trinajstić information content (AvgIpc) is 2.23. The van der Waals surface area contributed by atoms with E-state index < -0.39 is 12.0 Å². The van der Waals surface area contributed by atoms with Crippen molar-refractivity contribution in [2.45, 2.75) is 44.9 Å². The molecular weight excluding hydrogens is 222 g/mol. The molecule has 2 atom stereocenters. The number of carbonyl (C=O) groups excluding carboxylic acids is 2. The molecule has 4 N–H and O–H groups in total. The molecule has 6 heteroatoms. The minimum atomic E-state index is -1.28. The zero-order valence-corrected chi connectivity index (χ0v) is 10.3. The van der Waals surface area contributed by atoms with Crippen LogP contribution in [-0.2, 0) is 9.59 Å². The number of piperidine rings is 1. The number of nitrogens with two attached hydrogens (primary N) is 1. The number of β-amino-alcohol motifs (C(OH)–C–C–N with tert-alkyl or cyclic N) is 1. The molecule has 1 aliphatic rings. The van der Waals surface area contributed by atoms with Gasteiger partial charge in [0.05, 0.1) is 12.6 Å². The lowest BCUT2D eigenvalue weighted by Crippen LogP contribution is -2.55. The zero-order chi connectivity index (χ0) is 13.0. The maximum Gasteiger partial charge on any atom is 0.248 e. The predicted molar refractivity (Wildman–Crippen MR) is 63.1 cm³/mol. The summed E-state index contributed by atoms with van der Waals surface area (Å²) in [6.07, 6.45) is 0.374. The van der Waals surface area contributed by atoms with Crippen molar-refractivity contribution in [2.24, 2.45) is 5.73 Å². The Bertz CT molecular complexity index is 294. The third kappa shape index (κ3) is 3.98. The van der Waals surface area contributed by atoms with Crippen molar-refractivity contribution in [1.82, 2.24) is 10.2 Å². The highest BCUT2D eigenvalue weighted by molar-refractivity contribution is 5.84. The summed E-state index contributed by atoms with van der Waals surface area (Å²) in [5.41, 5.74) is 4.97. The quantitative estimate of drug-likeness (QED) is 0.566. The molecule has 0 aromatic carbocycles. The monoisotopic (exact) mass is 243 g/mol. The van der Waals surface area contributed by atoms with E-state index in [4.69, 9.17) is 5.73 Å². The number of amides is 2. The highest BCUT2D eigenvalue weighted by atomic mass is 16.3. The molecule has 0 aliphatic carbocycles. The van der Waals surface area contributed by atoms with Gasteiger partial charge in [0.25, 0.3) is 0 Å². The normalized spacial score (nSPS) is 22.9. The van der Waals surface area contributed by atoms with E-state index in [1.807, 2.05) is 13.8 Å². The molecule has 2 amide bonds. The largest absolute Gasteiger partial charge is 0.381 e. The second kappa shape index (κ2) is 5.97.